The highest BCUT2D eigenvalue weighted by Gasteiger charge is 2.27. The lowest BCUT2D eigenvalue weighted by molar-refractivity contribution is -0.124. The second-order valence-corrected chi connectivity index (χ2v) is 8.39. The van der Waals surface area contributed by atoms with Gasteiger partial charge in [0.1, 0.15) is 5.75 Å². The lowest BCUT2D eigenvalue weighted by Gasteiger charge is -2.23. The fourth-order valence-electron chi connectivity index (χ4n) is 3.02. The molecule has 2 rings (SSSR count). The van der Waals surface area contributed by atoms with Crippen molar-refractivity contribution in [2.75, 3.05) is 18.5 Å². The average Bonchev–Trinajstić information content (AvgIpc) is 2.72. The highest BCUT2D eigenvalue weighted by molar-refractivity contribution is 5.97. The monoisotopic (exact) mass is 410 g/mol. The molecule has 0 heterocycles. The topological polar surface area (TPSA) is 67.4 Å². The van der Waals surface area contributed by atoms with E-state index in [0.717, 1.165) is 24.2 Å². The van der Waals surface area contributed by atoms with Crippen molar-refractivity contribution in [3.63, 3.8) is 0 Å². The van der Waals surface area contributed by atoms with Gasteiger partial charge in [-0.2, -0.15) is 0 Å². The highest BCUT2D eigenvalue weighted by atomic mass is 16.5. The van der Waals surface area contributed by atoms with Gasteiger partial charge in [0.05, 0.1) is 6.61 Å². The number of amides is 2. The van der Waals surface area contributed by atoms with Gasteiger partial charge < -0.3 is 15.4 Å². The Bertz CT molecular complexity index is 857. The highest BCUT2D eigenvalue weighted by Crippen LogP contribution is 2.26. The van der Waals surface area contributed by atoms with Crippen LogP contribution in [0.15, 0.2) is 42.5 Å². The number of anilines is 1. The van der Waals surface area contributed by atoms with Gasteiger partial charge in [-0.1, -0.05) is 32.9 Å². The third kappa shape index (κ3) is 6.90. The zero-order valence-electron chi connectivity index (χ0n) is 18.8. The van der Waals surface area contributed by atoms with Crippen molar-refractivity contribution in [1.82, 2.24) is 5.32 Å². The molecule has 2 N–H and O–H groups in total. The smallest absolute Gasteiger partial charge is 0.251 e. The van der Waals surface area contributed by atoms with E-state index in [1.807, 2.05) is 40.7 Å². The molecule has 0 aliphatic rings. The second kappa shape index (κ2) is 10.8. The minimum absolute atomic E-state index is 0.0441. The first kappa shape index (κ1) is 23.5. The zero-order valence-corrected chi connectivity index (χ0v) is 18.8. The molecule has 2 amide bonds. The van der Waals surface area contributed by atoms with E-state index in [-0.39, 0.29) is 11.8 Å². The normalized spacial score (nSPS) is 11.1. The molecular formula is C25H34N2O3. The molecule has 0 bridgehead atoms. The predicted octanol–water partition coefficient (Wildman–Crippen LogP) is 5.27. The largest absolute Gasteiger partial charge is 0.493 e. The maximum absolute atomic E-state index is 12.7. The molecule has 162 valence electrons. The molecular weight excluding hydrogens is 376 g/mol. The molecule has 0 unspecified atom stereocenters. The van der Waals surface area contributed by atoms with E-state index in [9.17, 15) is 9.59 Å². The molecule has 0 aliphatic carbocycles. The Balaban J connectivity index is 1.83. The van der Waals surface area contributed by atoms with Crippen molar-refractivity contribution in [2.24, 2.45) is 5.41 Å². The van der Waals surface area contributed by atoms with Crippen molar-refractivity contribution in [1.29, 1.82) is 0 Å². The molecule has 0 saturated carbocycles. The fourth-order valence-corrected chi connectivity index (χ4v) is 3.02. The average molecular weight is 411 g/mol. The van der Waals surface area contributed by atoms with Crippen LogP contribution in [0, 0.1) is 19.3 Å². The minimum atomic E-state index is -0.526. The van der Waals surface area contributed by atoms with E-state index in [4.69, 9.17) is 4.74 Å². The molecule has 0 fully saturated rings. The lowest BCUT2D eigenvalue weighted by atomic mass is 9.87. The van der Waals surface area contributed by atoms with Crippen molar-refractivity contribution in [3.8, 4) is 5.75 Å². The summed E-state index contributed by atoms with van der Waals surface area (Å²) in [6.07, 6.45) is 2.39. The number of benzene rings is 2. The summed E-state index contributed by atoms with van der Waals surface area (Å²) < 4.78 is 5.90. The SMILES string of the molecule is CCCNC(=O)c1ccc(NC(=O)C(C)(C)CCCOc2cc(C)ccc2C)cc1. The Labute approximate surface area is 180 Å². The molecule has 30 heavy (non-hydrogen) atoms. The molecule has 0 radical (unpaired) electrons. The van der Waals surface area contributed by atoms with Gasteiger partial charge in [-0.05, 0) is 74.6 Å². The molecule has 0 saturated heterocycles. The fraction of sp³-hybridized carbons (Fsp3) is 0.440. The summed E-state index contributed by atoms with van der Waals surface area (Å²) in [5, 5.41) is 5.80. The van der Waals surface area contributed by atoms with Gasteiger partial charge in [-0.15, -0.1) is 0 Å². The minimum Gasteiger partial charge on any atom is -0.493 e. The number of hydrogen-bond acceptors (Lipinski definition) is 3. The Morgan fingerprint density at radius 1 is 1.03 bits per heavy atom. The summed E-state index contributed by atoms with van der Waals surface area (Å²) in [6.45, 7) is 11.2. The van der Waals surface area contributed by atoms with Crippen molar-refractivity contribution in [2.45, 2.75) is 53.9 Å². The number of carbonyl (C=O) groups is 2. The number of aryl methyl sites for hydroxylation is 2. The number of rotatable bonds is 10. The number of hydrogen-bond donors (Lipinski definition) is 2. The van der Waals surface area contributed by atoms with Crippen LogP contribution in [0.25, 0.3) is 0 Å². The molecule has 0 aromatic heterocycles. The molecule has 5 heteroatoms. The number of ether oxygens (including phenoxy) is 1. The van der Waals surface area contributed by atoms with Crippen molar-refractivity contribution >= 4 is 17.5 Å². The number of nitrogens with one attached hydrogen (secondary N) is 2. The van der Waals surface area contributed by atoms with Crippen LogP contribution in [0.2, 0.25) is 0 Å². The van der Waals surface area contributed by atoms with Crippen molar-refractivity contribution in [3.05, 3.63) is 59.2 Å². The Hall–Kier alpha value is -2.82. The summed E-state index contributed by atoms with van der Waals surface area (Å²) in [7, 11) is 0. The van der Waals surface area contributed by atoms with Crippen molar-refractivity contribution < 1.29 is 14.3 Å². The maximum Gasteiger partial charge on any atom is 0.251 e. The Kier molecular flexibility index (Phi) is 8.46. The molecule has 2 aromatic carbocycles. The first-order chi connectivity index (χ1) is 14.2. The summed E-state index contributed by atoms with van der Waals surface area (Å²) >= 11 is 0. The summed E-state index contributed by atoms with van der Waals surface area (Å²) in [4.78, 5) is 24.7. The third-order valence-electron chi connectivity index (χ3n) is 5.10. The van der Waals surface area contributed by atoms with Crippen LogP contribution in [0.1, 0.15) is 61.5 Å². The van der Waals surface area contributed by atoms with E-state index in [2.05, 4.69) is 22.8 Å². The predicted molar refractivity (Wildman–Crippen MR) is 122 cm³/mol. The summed E-state index contributed by atoms with van der Waals surface area (Å²) in [5.41, 5.74) is 3.03. The van der Waals surface area contributed by atoms with Crippen LogP contribution in [-0.2, 0) is 4.79 Å². The maximum atomic E-state index is 12.7. The standard InChI is InChI=1S/C25H34N2O3/c1-6-15-26-23(28)20-10-12-21(13-11-20)27-24(29)25(4,5)14-7-16-30-22-17-18(2)8-9-19(22)3/h8-13,17H,6-7,14-16H2,1-5H3,(H,26,28)(H,27,29). The Morgan fingerprint density at radius 3 is 2.40 bits per heavy atom. The first-order valence-electron chi connectivity index (χ1n) is 10.6. The van der Waals surface area contributed by atoms with Gasteiger partial charge >= 0.3 is 0 Å². The zero-order chi connectivity index (χ0) is 22.1. The van der Waals surface area contributed by atoms with Crippen LogP contribution in [0.4, 0.5) is 5.69 Å². The van der Waals surface area contributed by atoms with Gasteiger partial charge in [0.25, 0.3) is 5.91 Å². The molecule has 0 spiro atoms. The third-order valence-corrected chi connectivity index (χ3v) is 5.10. The summed E-state index contributed by atoms with van der Waals surface area (Å²) in [5.74, 6) is 0.761. The molecule has 0 atom stereocenters. The van der Waals surface area contributed by atoms with Crippen LogP contribution in [0.3, 0.4) is 0 Å². The second-order valence-electron chi connectivity index (χ2n) is 8.39. The van der Waals surface area contributed by atoms with Crippen LogP contribution < -0.4 is 15.4 Å². The van der Waals surface area contributed by atoms with Gasteiger partial charge in [0, 0.05) is 23.2 Å². The van der Waals surface area contributed by atoms with E-state index in [1.165, 1.54) is 5.56 Å². The van der Waals surface area contributed by atoms with Gasteiger partial charge in [0.15, 0.2) is 0 Å². The Morgan fingerprint density at radius 2 is 1.73 bits per heavy atom. The molecule has 2 aromatic rings. The molecule has 5 nitrogen and oxygen atoms in total. The van der Waals surface area contributed by atoms with Gasteiger partial charge in [0.2, 0.25) is 5.91 Å². The van der Waals surface area contributed by atoms with E-state index in [1.54, 1.807) is 24.3 Å². The summed E-state index contributed by atoms with van der Waals surface area (Å²) in [6, 6.07) is 13.1. The van der Waals surface area contributed by atoms with E-state index >= 15 is 0 Å². The first-order valence-corrected chi connectivity index (χ1v) is 10.6. The van der Waals surface area contributed by atoms with Crippen LogP contribution in [0.5, 0.6) is 5.75 Å². The van der Waals surface area contributed by atoms with E-state index < -0.39 is 5.41 Å². The van der Waals surface area contributed by atoms with Crippen LogP contribution in [-0.4, -0.2) is 25.0 Å². The van der Waals surface area contributed by atoms with Gasteiger partial charge in [-0.3, -0.25) is 9.59 Å². The van der Waals surface area contributed by atoms with Crippen LogP contribution >= 0.6 is 0 Å². The van der Waals surface area contributed by atoms with Gasteiger partial charge in [-0.25, -0.2) is 0 Å². The number of carbonyl (C=O) groups excluding carboxylic acids is 2. The lowest BCUT2D eigenvalue weighted by Crippen LogP contribution is -2.31. The quantitative estimate of drug-likeness (QED) is 0.525. The molecule has 0 aliphatic heterocycles. The van der Waals surface area contributed by atoms with E-state index in [0.29, 0.717) is 30.8 Å².